The van der Waals surface area contributed by atoms with Crippen LogP contribution in [0.3, 0.4) is 0 Å². The van der Waals surface area contributed by atoms with Crippen LogP contribution in [-0.2, 0) is 11.2 Å². The number of hydrogen-bond donors (Lipinski definition) is 1. The van der Waals surface area contributed by atoms with E-state index in [0.29, 0.717) is 12.1 Å². The molecule has 21 heavy (non-hydrogen) atoms. The van der Waals surface area contributed by atoms with E-state index in [2.05, 4.69) is 27.5 Å². The number of morpholine rings is 1. The fourth-order valence-electron chi connectivity index (χ4n) is 4.36. The molecular formula is C16H25N3OS. The predicted molar refractivity (Wildman–Crippen MR) is 84.9 cm³/mol. The van der Waals surface area contributed by atoms with Gasteiger partial charge in [0.1, 0.15) is 0 Å². The van der Waals surface area contributed by atoms with Gasteiger partial charge in [0, 0.05) is 43.5 Å². The highest BCUT2D eigenvalue weighted by Gasteiger charge is 2.46. The molecule has 0 aliphatic carbocycles. The summed E-state index contributed by atoms with van der Waals surface area (Å²) in [6, 6.07) is 1.40. The van der Waals surface area contributed by atoms with E-state index in [0.717, 1.165) is 32.7 Å². The topological polar surface area (TPSA) is 37.4 Å². The molecule has 3 aliphatic heterocycles. The van der Waals surface area contributed by atoms with Crippen LogP contribution in [-0.4, -0.2) is 53.8 Å². The first-order valence-corrected chi connectivity index (χ1v) is 9.12. The smallest absolute Gasteiger partial charge is 0.0897 e. The summed E-state index contributed by atoms with van der Waals surface area (Å²) in [5, 5.41) is 7.11. The zero-order valence-corrected chi connectivity index (χ0v) is 13.6. The minimum atomic E-state index is 0.132. The molecule has 4 heterocycles. The maximum absolute atomic E-state index is 6.28. The van der Waals surface area contributed by atoms with Crippen molar-refractivity contribution in [2.24, 2.45) is 0 Å². The molecule has 4 rings (SSSR count). The van der Waals surface area contributed by atoms with E-state index in [1.807, 2.05) is 0 Å². The third-order valence-corrected chi connectivity index (χ3v) is 6.07. The second-order valence-corrected chi connectivity index (χ2v) is 8.02. The normalized spacial score (nSPS) is 36.4. The van der Waals surface area contributed by atoms with Gasteiger partial charge < -0.3 is 10.1 Å². The molecule has 0 radical (unpaired) electrons. The summed E-state index contributed by atoms with van der Waals surface area (Å²) in [5.74, 6) is 0. The van der Waals surface area contributed by atoms with Gasteiger partial charge in [-0.05, 0) is 32.6 Å². The minimum absolute atomic E-state index is 0.132. The average Bonchev–Trinajstić information content (AvgIpc) is 3.03. The van der Waals surface area contributed by atoms with Crippen LogP contribution in [0.25, 0.3) is 0 Å². The third kappa shape index (κ3) is 3.02. The van der Waals surface area contributed by atoms with Gasteiger partial charge in [-0.15, -0.1) is 11.3 Å². The second-order valence-electron chi connectivity index (χ2n) is 6.96. The van der Waals surface area contributed by atoms with Crippen LogP contribution < -0.4 is 5.32 Å². The molecule has 0 amide bonds. The summed E-state index contributed by atoms with van der Waals surface area (Å²) in [6.45, 7) is 6.30. The standard InChI is InChI=1S/C16H25N3OS/c1-12-17-15(10-21-12)4-5-19-6-7-20-16(11-19)8-13-2-3-14(9-16)18-13/h10,13-14,18H,2-9,11H2,1H3/t13-,14+,16?. The fourth-order valence-corrected chi connectivity index (χ4v) is 5.01. The lowest BCUT2D eigenvalue weighted by atomic mass is 9.85. The molecule has 5 heteroatoms. The van der Waals surface area contributed by atoms with Crippen LogP contribution in [0.15, 0.2) is 5.38 Å². The molecule has 1 aromatic heterocycles. The Morgan fingerprint density at radius 1 is 1.43 bits per heavy atom. The summed E-state index contributed by atoms with van der Waals surface area (Å²) in [5.41, 5.74) is 1.39. The fraction of sp³-hybridized carbons (Fsp3) is 0.812. The van der Waals surface area contributed by atoms with E-state index in [1.165, 1.54) is 36.4 Å². The van der Waals surface area contributed by atoms with Crippen molar-refractivity contribution >= 4 is 11.3 Å². The molecule has 0 aromatic carbocycles. The van der Waals surface area contributed by atoms with Crippen LogP contribution in [0.2, 0.25) is 0 Å². The predicted octanol–water partition coefficient (Wildman–Crippen LogP) is 1.98. The van der Waals surface area contributed by atoms with E-state index >= 15 is 0 Å². The van der Waals surface area contributed by atoms with Gasteiger partial charge in [-0.25, -0.2) is 4.98 Å². The van der Waals surface area contributed by atoms with E-state index in [1.54, 1.807) is 11.3 Å². The van der Waals surface area contributed by atoms with Crippen LogP contribution in [0.5, 0.6) is 0 Å². The van der Waals surface area contributed by atoms with Crippen molar-refractivity contribution < 1.29 is 4.74 Å². The first kappa shape index (κ1) is 14.1. The Hall–Kier alpha value is -0.490. The lowest BCUT2D eigenvalue weighted by Gasteiger charge is -2.47. The van der Waals surface area contributed by atoms with Gasteiger partial charge in [0.05, 0.1) is 22.9 Å². The molecule has 1 aromatic rings. The Bertz CT molecular complexity index is 491. The van der Waals surface area contributed by atoms with Crippen molar-refractivity contribution in [3.8, 4) is 0 Å². The number of hydrogen-bond acceptors (Lipinski definition) is 5. The molecule has 0 saturated carbocycles. The highest BCUT2D eigenvalue weighted by molar-refractivity contribution is 7.09. The van der Waals surface area contributed by atoms with Gasteiger partial charge >= 0.3 is 0 Å². The summed E-state index contributed by atoms with van der Waals surface area (Å²) in [7, 11) is 0. The van der Waals surface area contributed by atoms with Gasteiger partial charge in [-0.1, -0.05) is 0 Å². The Morgan fingerprint density at radius 3 is 2.95 bits per heavy atom. The first-order chi connectivity index (χ1) is 10.2. The SMILES string of the molecule is Cc1nc(CCN2CCOC3(C[C@H]4CC[C@@H](C3)N4)C2)cs1. The maximum atomic E-state index is 6.28. The zero-order chi connectivity index (χ0) is 14.3. The number of ether oxygens (including phenoxy) is 1. The first-order valence-electron chi connectivity index (χ1n) is 8.24. The monoisotopic (exact) mass is 307 g/mol. The van der Waals surface area contributed by atoms with E-state index in [-0.39, 0.29) is 5.60 Å². The number of piperidine rings is 1. The van der Waals surface area contributed by atoms with Gasteiger partial charge in [0.2, 0.25) is 0 Å². The van der Waals surface area contributed by atoms with Gasteiger partial charge in [-0.3, -0.25) is 4.90 Å². The molecule has 4 nitrogen and oxygen atoms in total. The van der Waals surface area contributed by atoms with Crippen molar-refractivity contribution in [1.82, 2.24) is 15.2 Å². The summed E-state index contributed by atoms with van der Waals surface area (Å²) in [6.07, 6.45) is 6.17. The van der Waals surface area contributed by atoms with Crippen LogP contribution >= 0.6 is 11.3 Å². The number of aryl methyl sites for hydroxylation is 1. The molecule has 1 N–H and O–H groups in total. The van der Waals surface area contributed by atoms with Crippen LogP contribution in [0.4, 0.5) is 0 Å². The summed E-state index contributed by atoms with van der Waals surface area (Å²) in [4.78, 5) is 7.18. The Kier molecular flexibility index (Phi) is 3.78. The molecular weight excluding hydrogens is 282 g/mol. The molecule has 3 saturated heterocycles. The number of thiazole rings is 1. The van der Waals surface area contributed by atoms with Crippen molar-refractivity contribution in [2.75, 3.05) is 26.2 Å². The maximum Gasteiger partial charge on any atom is 0.0897 e. The molecule has 2 bridgehead atoms. The van der Waals surface area contributed by atoms with Gasteiger partial charge in [-0.2, -0.15) is 0 Å². The van der Waals surface area contributed by atoms with Crippen molar-refractivity contribution in [2.45, 2.75) is 56.7 Å². The lowest BCUT2D eigenvalue weighted by molar-refractivity contribution is -0.131. The van der Waals surface area contributed by atoms with E-state index < -0.39 is 0 Å². The molecule has 1 unspecified atom stereocenters. The minimum Gasteiger partial charge on any atom is -0.372 e. The zero-order valence-electron chi connectivity index (χ0n) is 12.8. The molecule has 3 fully saturated rings. The lowest BCUT2D eigenvalue weighted by Crippen LogP contribution is -2.59. The third-order valence-electron chi connectivity index (χ3n) is 5.25. The van der Waals surface area contributed by atoms with Crippen LogP contribution in [0.1, 0.15) is 36.4 Å². The highest BCUT2D eigenvalue weighted by atomic mass is 32.1. The number of nitrogens with one attached hydrogen (secondary N) is 1. The summed E-state index contributed by atoms with van der Waals surface area (Å²) < 4.78 is 6.28. The Labute approximate surface area is 130 Å². The highest BCUT2D eigenvalue weighted by Crippen LogP contribution is 2.38. The van der Waals surface area contributed by atoms with Crippen molar-refractivity contribution in [3.05, 3.63) is 16.1 Å². The molecule has 3 atom stereocenters. The summed E-state index contributed by atoms with van der Waals surface area (Å²) >= 11 is 1.76. The molecule has 1 spiro atoms. The number of rotatable bonds is 3. The number of nitrogens with zero attached hydrogens (tertiary/aromatic N) is 2. The van der Waals surface area contributed by atoms with E-state index in [4.69, 9.17) is 4.74 Å². The molecule has 3 aliphatic rings. The number of aromatic nitrogens is 1. The average molecular weight is 307 g/mol. The van der Waals surface area contributed by atoms with Crippen LogP contribution in [0, 0.1) is 6.92 Å². The van der Waals surface area contributed by atoms with E-state index in [9.17, 15) is 0 Å². The van der Waals surface area contributed by atoms with Gasteiger partial charge in [0.25, 0.3) is 0 Å². The van der Waals surface area contributed by atoms with Crippen molar-refractivity contribution in [1.29, 1.82) is 0 Å². The Balaban J connectivity index is 1.36. The van der Waals surface area contributed by atoms with Crippen molar-refractivity contribution in [3.63, 3.8) is 0 Å². The second kappa shape index (κ2) is 5.61. The molecule has 116 valence electrons. The van der Waals surface area contributed by atoms with Gasteiger partial charge in [0.15, 0.2) is 0 Å². The quantitative estimate of drug-likeness (QED) is 0.926. The Morgan fingerprint density at radius 2 is 2.24 bits per heavy atom. The largest absolute Gasteiger partial charge is 0.372 e. The number of fused-ring (bicyclic) bond motifs is 2.